The van der Waals surface area contributed by atoms with Gasteiger partial charge in [0.25, 0.3) is 0 Å². The Labute approximate surface area is 154 Å². The van der Waals surface area contributed by atoms with E-state index in [1.807, 2.05) is 12.1 Å². The first-order valence-corrected chi connectivity index (χ1v) is 9.49. The molecule has 0 spiro atoms. The molecule has 2 heterocycles. The number of para-hydroxylation sites is 1. The van der Waals surface area contributed by atoms with E-state index in [1.54, 1.807) is 12.1 Å². The average Bonchev–Trinajstić information content (AvgIpc) is 3.09. The maximum atomic E-state index is 13.1. The van der Waals surface area contributed by atoms with Gasteiger partial charge in [-0.25, -0.2) is 4.39 Å². The van der Waals surface area contributed by atoms with Gasteiger partial charge in [-0.3, -0.25) is 4.90 Å². The van der Waals surface area contributed by atoms with Crippen LogP contribution in [-0.4, -0.2) is 29.5 Å². The number of halogens is 1. The van der Waals surface area contributed by atoms with Crippen molar-refractivity contribution in [3.8, 4) is 0 Å². The van der Waals surface area contributed by atoms with Crippen LogP contribution >= 0.6 is 0 Å². The molecule has 1 atom stereocenters. The zero-order valence-electron chi connectivity index (χ0n) is 15.0. The van der Waals surface area contributed by atoms with Gasteiger partial charge in [-0.2, -0.15) is 0 Å². The zero-order chi connectivity index (χ0) is 17.8. The second-order valence-electron chi connectivity index (χ2n) is 7.16. The summed E-state index contributed by atoms with van der Waals surface area (Å²) in [6.45, 7) is 3.16. The van der Waals surface area contributed by atoms with E-state index in [2.05, 4.69) is 52.5 Å². The summed E-state index contributed by atoms with van der Waals surface area (Å²) in [4.78, 5) is 5.86. The molecule has 0 saturated heterocycles. The number of hydrogen-bond acceptors (Lipinski definition) is 1. The van der Waals surface area contributed by atoms with Crippen LogP contribution in [0.2, 0.25) is 0 Å². The van der Waals surface area contributed by atoms with E-state index in [1.165, 1.54) is 34.9 Å². The predicted molar refractivity (Wildman–Crippen MR) is 106 cm³/mol. The molecule has 2 aromatic carbocycles. The van der Waals surface area contributed by atoms with Gasteiger partial charge in [0.1, 0.15) is 5.82 Å². The molecule has 2 nitrogen and oxygen atoms in total. The van der Waals surface area contributed by atoms with Crippen molar-refractivity contribution in [3.63, 3.8) is 0 Å². The molecule has 3 aromatic rings. The predicted octanol–water partition coefficient (Wildman–Crippen LogP) is 5.29. The number of hydrogen-bond donors (Lipinski definition) is 1. The molecule has 26 heavy (non-hydrogen) atoms. The summed E-state index contributed by atoms with van der Waals surface area (Å²) >= 11 is 0. The number of nitrogens with one attached hydrogen (secondary N) is 1. The lowest BCUT2D eigenvalue weighted by Gasteiger charge is -2.29. The molecule has 4 rings (SSSR count). The summed E-state index contributed by atoms with van der Waals surface area (Å²) < 4.78 is 13.1. The molecule has 0 fully saturated rings. The first-order chi connectivity index (χ1) is 12.8. The van der Waals surface area contributed by atoms with Crippen LogP contribution in [0.25, 0.3) is 10.9 Å². The van der Waals surface area contributed by atoms with Crippen molar-refractivity contribution >= 4 is 10.9 Å². The molecular weight excluding hydrogens is 323 g/mol. The third-order valence-electron chi connectivity index (χ3n) is 5.33. The molecule has 134 valence electrons. The average molecular weight is 348 g/mol. The van der Waals surface area contributed by atoms with Gasteiger partial charge in [0.15, 0.2) is 0 Å². The van der Waals surface area contributed by atoms with Crippen molar-refractivity contribution in [2.75, 3.05) is 19.6 Å². The molecule has 0 bridgehead atoms. The summed E-state index contributed by atoms with van der Waals surface area (Å²) in [5.41, 5.74) is 3.85. The van der Waals surface area contributed by atoms with Crippen molar-refractivity contribution in [3.05, 3.63) is 83.8 Å². The maximum absolute atomic E-state index is 13.1. The molecule has 1 aliphatic heterocycles. The van der Waals surface area contributed by atoms with Gasteiger partial charge < -0.3 is 4.98 Å². The number of fused-ring (bicyclic) bond motifs is 1. The van der Waals surface area contributed by atoms with E-state index < -0.39 is 0 Å². The van der Waals surface area contributed by atoms with Crippen LogP contribution in [0.5, 0.6) is 0 Å². The van der Waals surface area contributed by atoms with E-state index in [0.29, 0.717) is 5.92 Å². The molecule has 1 N–H and O–H groups in total. The van der Waals surface area contributed by atoms with Gasteiger partial charge in [0.05, 0.1) is 0 Å². The van der Waals surface area contributed by atoms with Crippen molar-refractivity contribution < 1.29 is 4.39 Å². The molecule has 0 amide bonds. The van der Waals surface area contributed by atoms with Crippen molar-refractivity contribution in [1.29, 1.82) is 0 Å². The Kier molecular flexibility index (Phi) is 5.16. The Hall–Kier alpha value is -2.39. The minimum atomic E-state index is -0.164. The van der Waals surface area contributed by atoms with Crippen LogP contribution in [-0.2, 0) is 6.42 Å². The Balaban J connectivity index is 1.27. The lowest BCUT2D eigenvalue weighted by atomic mass is 9.95. The standard InChI is InChI=1S/C23H25FN2/c24-21-12-10-18(11-13-21)20-7-5-15-26(17-20)14-4-3-6-19-16-25-23-9-2-1-8-22(19)23/h1-2,5,7-13,16,20,25H,3-4,6,14-15,17H2. The van der Waals surface area contributed by atoms with Crippen molar-refractivity contribution in [1.82, 2.24) is 9.88 Å². The molecule has 1 aliphatic rings. The topological polar surface area (TPSA) is 19.0 Å². The van der Waals surface area contributed by atoms with Gasteiger partial charge >= 0.3 is 0 Å². The third kappa shape index (κ3) is 3.88. The number of aryl methyl sites for hydroxylation is 1. The number of aromatic nitrogens is 1. The van der Waals surface area contributed by atoms with Crippen LogP contribution in [0.4, 0.5) is 4.39 Å². The highest BCUT2D eigenvalue weighted by atomic mass is 19.1. The largest absolute Gasteiger partial charge is 0.361 e. The minimum Gasteiger partial charge on any atom is -0.361 e. The van der Waals surface area contributed by atoms with Gasteiger partial charge in [-0.1, -0.05) is 42.5 Å². The van der Waals surface area contributed by atoms with E-state index in [0.717, 1.165) is 26.1 Å². The fourth-order valence-electron chi connectivity index (χ4n) is 3.89. The Morgan fingerprint density at radius 3 is 2.77 bits per heavy atom. The fourth-order valence-corrected chi connectivity index (χ4v) is 3.89. The first kappa shape index (κ1) is 17.0. The van der Waals surface area contributed by atoms with E-state index in [4.69, 9.17) is 0 Å². The molecule has 0 saturated carbocycles. The highest BCUT2D eigenvalue weighted by Crippen LogP contribution is 2.23. The smallest absolute Gasteiger partial charge is 0.123 e. The second-order valence-corrected chi connectivity index (χ2v) is 7.16. The highest BCUT2D eigenvalue weighted by Gasteiger charge is 2.16. The zero-order valence-corrected chi connectivity index (χ0v) is 15.0. The van der Waals surface area contributed by atoms with Crippen LogP contribution < -0.4 is 0 Å². The van der Waals surface area contributed by atoms with Crippen LogP contribution in [0.1, 0.15) is 29.9 Å². The summed E-state index contributed by atoms with van der Waals surface area (Å²) in [6, 6.07) is 15.4. The van der Waals surface area contributed by atoms with Crippen molar-refractivity contribution in [2.45, 2.75) is 25.2 Å². The van der Waals surface area contributed by atoms with E-state index in [-0.39, 0.29) is 5.82 Å². The number of unbranched alkanes of at least 4 members (excludes halogenated alkanes) is 1. The number of nitrogens with zero attached hydrogens (tertiary/aromatic N) is 1. The van der Waals surface area contributed by atoms with Gasteiger partial charge in [-0.15, -0.1) is 0 Å². The van der Waals surface area contributed by atoms with Crippen LogP contribution in [0, 0.1) is 5.82 Å². The number of rotatable bonds is 6. The maximum Gasteiger partial charge on any atom is 0.123 e. The van der Waals surface area contributed by atoms with E-state index in [9.17, 15) is 4.39 Å². The van der Waals surface area contributed by atoms with E-state index >= 15 is 0 Å². The Morgan fingerprint density at radius 1 is 1.04 bits per heavy atom. The first-order valence-electron chi connectivity index (χ1n) is 9.49. The Morgan fingerprint density at radius 2 is 1.88 bits per heavy atom. The van der Waals surface area contributed by atoms with Crippen LogP contribution in [0.3, 0.4) is 0 Å². The lowest BCUT2D eigenvalue weighted by Crippen LogP contribution is -2.32. The fraction of sp³-hybridized carbons (Fsp3) is 0.304. The van der Waals surface area contributed by atoms with Gasteiger partial charge in [0.2, 0.25) is 0 Å². The second kappa shape index (κ2) is 7.88. The SMILES string of the molecule is Fc1ccc(C2C=CCN(CCCCc3c[nH]c4ccccc34)C2)cc1. The molecule has 0 aliphatic carbocycles. The highest BCUT2D eigenvalue weighted by molar-refractivity contribution is 5.82. The quantitative estimate of drug-likeness (QED) is 0.474. The number of H-pyrrole nitrogens is 1. The van der Waals surface area contributed by atoms with Gasteiger partial charge in [0, 0.05) is 36.1 Å². The number of benzene rings is 2. The summed E-state index contributed by atoms with van der Waals surface area (Å²) in [7, 11) is 0. The monoisotopic (exact) mass is 348 g/mol. The molecule has 3 heteroatoms. The van der Waals surface area contributed by atoms with Gasteiger partial charge in [-0.05, 0) is 55.1 Å². The lowest BCUT2D eigenvalue weighted by molar-refractivity contribution is 0.278. The normalized spacial score (nSPS) is 17.8. The summed E-state index contributed by atoms with van der Waals surface area (Å²) in [5, 5.41) is 1.35. The molecular formula is C23H25FN2. The summed E-state index contributed by atoms with van der Waals surface area (Å²) in [6.07, 6.45) is 10.2. The third-order valence-corrected chi connectivity index (χ3v) is 5.33. The minimum absolute atomic E-state index is 0.164. The summed E-state index contributed by atoms with van der Waals surface area (Å²) in [5.74, 6) is 0.209. The molecule has 0 radical (unpaired) electrons. The molecule has 1 aromatic heterocycles. The Bertz CT molecular complexity index is 879. The van der Waals surface area contributed by atoms with Crippen LogP contribution in [0.15, 0.2) is 66.9 Å². The van der Waals surface area contributed by atoms with Crippen molar-refractivity contribution in [2.24, 2.45) is 0 Å². The number of aromatic amines is 1. The molecule has 1 unspecified atom stereocenters.